The fourth-order valence-corrected chi connectivity index (χ4v) is 4.03. The molecule has 1 aliphatic heterocycles. The lowest BCUT2D eigenvalue weighted by Gasteiger charge is -2.31. The van der Waals surface area contributed by atoms with Crippen LogP contribution >= 0.6 is 0 Å². The van der Waals surface area contributed by atoms with E-state index in [2.05, 4.69) is 5.32 Å². The Morgan fingerprint density at radius 1 is 0.882 bits per heavy atom. The number of ether oxygens (including phenoxy) is 3. The highest BCUT2D eigenvalue weighted by Gasteiger charge is 2.24. The van der Waals surface area contributed by atoms with Crippen LogP contribution in [0.1, 0.15) is 23.2 Å². The smallest absolute Gasteiger partial charge is 0.409 e. The van der Waals surface area contributed by atoms with Gasteiger partial charge in [-0.3, -0.25) is 4.79 Å². The van der Waals surface area contributed by atoms with Crippen LogP contribution in [-0.4, -0.2) is 50.3 Å². The molecule has 34 heavy (non-hydrogen) atoms. The van der Waals surface area contributed by atoms with Gasteiger partial charge in [0.25, 0.3) is 5.91 Å². The van der Waals surface area contributed by atoms with Crippen LogP contribution in [0.4, 0.5) is 10.5 Å². The second-order valence-corrected chi connectivity index (χ2v) is 8.03. The van der Waals surface area contributed by atoms with Gasteiger partial charge in [-0.1, -0.05) is 36.4 Å². The summed E-state index contributed by atoms with van der Waals surface area (Å²) in [4.78, 5) is 26.6. The van der Waals surface area contributed by atoms with Crippen LogP contribution in [0, 0.1) is 0 Å². The highest BCUT2D eigenvalue weighted by molar-refractivity contribution is 6.09. The minimum absolute atomic E-state index is 0.00470. The first-order chi connectivity index (χ1) is 16.6. The number of nitrogens with one attached hydrogen (secondary N) is 1. The van der Waals surface area contributed by atoms with Crippen LogP contribution in [0.25, 0.3) is 11.1 Å². The summed E-state index contributed by atoms with van der Waals surface area (Å²) in [6, 6.07) is 22.6. The van der Waals surface area contributed by atoms with E-state index in [1.807, 2.05) is 66.7 Å². The van der Waals surface area contributed by atoms with E-state index < -0.39 is 0 Å². The molecule has 0 radical (unpaired) electrons. The number of nitrogens with zero attached hydrogens (tertiary/aromatic N) is 1. The minimum atomic E-state index is -0.310. The van der Waals surface area contributed by atoms with Gasteiger partial charge in [-0.2, -0.15) is 0 Å². The maximum atomic E-state index is 13.2. The van der Waals surface area contributed by atoms with Crippen molar-refractivity contribution in [1.29, 1.82) is 0 Å². The number of carbonyl (C=O) groups excluding carboxylic acids is 2. The first kappa shape index (κ1) is 23.2. The van der Waals surface area contributed by atoms with Gasteiger partial charge in [0.1, 0.15) is 17.6 Å². The van der Waals surface area contributed by atoms with Crippen molar-refractivity contribution in [2.24, 2.45) is 0 Å². The summed E-state index contributed by atoms with van der Waals surface area (Å²) in [5, 5.41) is 2.98. The van der Waals surface area contributed by atoms with Gasteiger partial charge in [0, 0.05) is 37.7 Å². The number of hydrogen-bond acceptors (Lipinski definition) is 5. The van der Waals surface area contributed by atoms with Gasteiger partial charge in [0.2, 0.25) is 0 Å². The quantitative estimate of drug-likeness (QED) is 0.546. The molecule has 0 aromatic heterocycles. The van der Waals surface area contributed by atoms with E-state index in [1.54, 1.807) is 18.1 Å². The van der Waals surface area contributed by atoms with Gasteiger partial charge in [-0.15, -0.1) is 0 Å². The lowest BCUT2D eigenvalue weighted by Crippen LogP contribution is -2.41. The number of anilines is 1. The van der Waals surface area contributed by atoms with E-state index in [0.717, 1.165) is 24.0 Å². The molecule has 1 fully saturated rings. The molecule has 0 spiro atoms. The van der Waals surface area contributed by atoms with E-state index in [9.17, 15) is 9.59 Å². The molecule has 1 heterocycles. The van der Waals surface area contributed by atoms with Crippen molar-refractivity contribution in [2.45, 2.75) is 18.9 Å². The van der Waals surface area contributed by atoms with Gasteiger partial charge in [0.05, 0.1) is 19.8 Å². The van der Waals surface area contributed by atoms with E-state index in [1.165, 1.54) is 7.11 Å². The zero-order valence-corrected chi connectivity index (χ0v) is 19.3. The van der Waals surface area contributed by atoms with Gasteiger partial charge in [-0.05, 0) is 41.5 Å². The van der Waals surface area contributed by atoms with Crippen LogP contribution < -0.4 is 14.8 Å². The highest BCUT2D eigenvalue weighted by Crippen LogP contribution is 2.29. The van der Waals surface area contributed by atoms with Crippen molar-refractivity contribution in [3.05, 3.63) is 78.4 Å². The Hall–Kier alpha value is -4.00. The third kappa shape index (κ3) is 5.49. The number of carbonyl (C=O) groups is 2. The van der Waals surface area contributed by atoms with Crippen molar-refractivity contribution >= 4 is 17.7 Å². The SMILES string of the molecule is COC(=O)N1CCC(Oc2cccc(NC(=O)c3cc(OC)ccc3-c3ccccc3)c2)CC1. The zero-order chi connectivity index (χ0) is 23.9. The first-order valence-electron chi connectivity index (χ1n) is 11.2. The lowest BCUT2D eigenvalue weighted by atomic mass is 9.98. The molecule has 1 saturated heterocycles. The minimum Gasteiger partial charge on any atom is -0.497 e. The molecule has 0 saturated carbocycles. The second-order valence-electron chi connectivity index (χ2n) is 8.03. The molecule has 7 nitrogen and oxygen atoms in total. The molecule has 7 heteroatoms. The molecule has 176 valence electrons. The molecule has 3 aromatic rings. The van der Waals surface area contributed by atoms with Gasteiger partial charge in [0.15, 0.2) is 0 Å². The molecule has 0 unspecified atom stereocenters. The predicted octanol–water partition coefficient (Wildman–Crippen LogP) is 5.22. The van der Waals surface area contributed by atoms with Crippen LogP contribution in [0.3, 0.4) is 0 Å². The van der Waals surface area contributed by atoms with Crippen molar-refractivity contribution in [3.63, 3.8) is 0 Å². The molecule has 0 aliphatic carbocycles. The maximum Gasteiger partial charge on any atom is 0.409 e. The summed E-state index contributed by atoms with van der Waals surface area (Å²) >= 11 is 0. The topological polar surface area (TPSA) is 77.1 Å². The fourth-order valence-electron chi connectivity index (χ4n) is 4.03. The normalized spacial score (nSPS) is 13.8. The summed E-state index contributed by atoms with van der Waals surface area (Å²) in [5.41, 5.74) is 2.93. The summed E-state index contributed by atoms with van der Waals surface area (Å²) in [7, 11) is 2.97. The number of rotatable bonds is 6. The first-order valence-corrected chi connectivity index (χ1v) is 11.2. The van der Waals surface area contributed by atoms with Crippen molar-refractivity contribution in [3.8, 4) is 22.6 Å². The fraction of sp³-hybridized carbons (Fsp3) is 0.259. The van der Waals surface area contributed by atoms with Crippen LogP contribution in [0.5, 0.6) is 11.5 Å². The van der Waals surface area contributed by atoms with Crippen LogP contribution in [0.2, 0.25) is 0 Å². The average molecular weight is 461 g/mol. The van der Waals surface area contributed by atoms with E-state index in [4.69, 9.17) is 14.2 Å². The average Bonchev–Trinajstić information content (AvgIpc) is 2.89. The third-order valence-electron chi connectivity index (χ3n) is 5.83. The number of methoxy groups -OCH3 is 2. The molecular formula is C27H28N2O5. The number of piperidine rings is 1. The third-order valence-corrected chi connectivity index (χ3v) is 5.83. The van der Waals surface area contributed by atoms with Crippen molar-refractivity contribution in [1.82, 2.24) is 4.90 Å². The van der Waals surface area contributed by atoms with E-state index in [0.29, 0.717) is 35.8 Å². The largest absolute Gasteiger partial charge is 0.497 e. The maximum absolute atomic E-state index is 13.2. The highest BCUT2D eigenvalue weighted by atomic mass is 16.5. The van der Waals surface area contributed by atoms with Gasteiger partial charge < -0.3 is 24.4 Å². The Morgan fingerprint density at radius 2 is 1.65 bits per heavy atom. The summed E-state index contributed by atoms with van der Waals surface area (Å²) in [6.07, 6.45) is 1.12. The molecule has 3 aromatic carbocycles. The Labute approximate surface area is 199 Å². The number of likely N-dealkylation sites (tertiary alicyclic amines) is 1. The van der Waals surface area contributed by atoms with E-state index in [-0.39, 0.29) is 18.1 Å². The second kappa shape index (κ2) is 10.7. The summed E-state index contributed by atoms with van der Waals surface area (Å²) in [6.45, 7) is 1.18. The molecule has 1 aliphatic rings. The predicted molar refractivity (Wildman–Crippen MR) is 130 cm³/mol. The molecule has 2 amide bonds. The molecular weight excluding hydrogens is 432 g/mol. The molecule has 4 rings (SSSR count). The Bertz CT molecular complexity index is 1140. The standard InChI is InChI=1S/C27H28N2O5/c1-32-22-11-12-24(19-7-4-3-5-8-19)25(18-22)26(30)28-20-9-6-10-23(17-20)34-21-13-15-29(16-14-21)27(31)33-2/h3-12,17-18,21H,13-16H2,1-2H3,(H,28,30). The van der Waals surface area contributed by atoms with Crippen molar-refractivity contribution < 1.29 is 23.8 Å². The number of benzene rings is 3. The zero-order valence-electron chi connectivity index (χ0n) is 19.3. The Balaban J connectivity index is 1.46. The number of hydrogen-bond donors (Lipinski definition) is 1. The Morgan fingerprint density at radius 3 is 2.35 bits per heavy atom. The summed E-state index contributed by atoms with van der Waals surface area (Å²) in [5.74, 6) is 1.05. The monoisotopic (exact) mass is 460 g/mol. The molecule has 0 bridgehead atoms. The van der Waals surface area contributed by atoms with Crippen LogP contribution in [0.15, 0.2) is 72.8 Å². The van der Waals surface area contributed by atoms with E-state index >= 15 is 0 Å². The summed E-state index contributed by atoms with van der Waals surface area (Å²) < 4.78 is 16.3. The number of amides is 2. The van der Waals surface area contributed by atoms with Gasteiger partial charge in [-0.25, -0.2) is 4.79 Å². The van der Waals surface area contributed by atoms with Crippen molar-refractivity contribution in [2.75, 3.05) is 32.6 Å². The lowest BCUT2D eigenvalue weighted by molar-refractivity contribution is 0.0791. The molecule has 0 atom stereocenters. The molecule has 1 N–H and O–H groups in total. The Kier molecular flexibility index (Phi) is 7.32. The van der Waals surface area contributed by atoms with Gasteiger partial charge >= 0.3 is 6.09 Å². The van der Waals surface area contributed by atoms with Crippen LogP contribution in [-0.2, 0) is 4.74 Å².